The fourth-order valence-electron chi connectivity index (χ4n) is 1.77. The van der Waals surface area contributed by atoms with E-state index in [1.165, 1.54) is 6.08 Å². The van der Waals surface area contributed by atoms with E-state index < -0.39 is 0 Å². The van der Waals surface area contributed by atoms with Gasteiger partial charge in [0.1, 0.15) is 0 Å². The number of rotatable bonds is 4. The van der Waals surface area contributed by atoms with Crippen LogP contribution in [0.5, 0.6) is 0 Å². The normalized spacial score (nSPS) is 14.2. The lowest BCUT2D eigenvalue weighted by Gasteiger charge is -2.14. The second-order valence-corrected chi connectivity index (χ2v) is 3.97. The van der Waals surface area contributed by atoms with Crippen molar-refractivity contribution in [3.05, 3.63) is 42.5 Å². The summed E-state index contributed by atoms with van der Waals surface area (Å²) in [6.45, 7) is 5.20. The monoisotopic (exact) mass is 245 g/mol. The molecule has 1 heterocycles. The Bertz CT molecular complexity index is 468. The Morgan fingerprint density at radius 1 is 1.44 bits per heavy atom. The van der Waals surface area contributed by atoms with Crippen molar-refractivity contribution in [1.29, 1.82) is 0 Å². The molecule has 0 aromatic heterocycles. The highest BCUT2D eigenvalue weighted by Crippen LogP contribution is 2.17. The predicted molar refractivity (Wildman–Crippen MR) is 69.2 cm³/mol. The maximum atomic E-state index is 11.5. The third kappa shape index (κ3) is 2.68. The fourth-order valence-corrected chi connectivity index (χ4v) is 1.77. The zero-order valence-corrected chi connectivity index (χ0v) is 9.98. The number of amides is 3. The quantitative estimate of drug-likeness (QED) is 0.778. The smallest absolute Gasteiger partial charge is 0.321 e. The molecule has 0 unspecified atom stereocenters. The maximum absolute atomic E-state index is 11.5. The fraction of sp³-hybridized carbons (Fsp3) is 0.231. The van der Waals surface area contributed by atoms with E-state index in [0.29, 0.717) is 19.6 Å². The van der Waals surface area contributed by atoms with Crippen LogP contribution in [-0.4, -0.2) is 25.0 Å². The number of carbonyl (C=O) groups excluding carboxylic acids is 2. The molecule has 5 nitrogen and oxygen atoms in total. The van der Waals surface area contributed by atoms with Crippen LogP contribution >= 0.6 is 0 Å². The second-order valence-electron chi connectivity index (χ2n) is 3.97. The standard InChI is InChI=1S/C13H15N3O2/c1-2-12(17)15-9-10-3-5-11(6-4-10)16-8-7-14-13(16)18/h2-6H,1,7-9H2,(H,14,18)(H,15,17). The molecule has 0 saturated carbocycles. The lowest BCUT2D eigenvalue weighted by Crippen LogP contribution is -2.27. The minimum absolute atomic E-state index is 0.0669. The molecule has 0 bridgehead atoms. The number of anilines is 1. The molecule has 1 fully saturated rings. The summed E-state index contributed by atoms with van der Waals surface area (Å²) in [5, 5.41) is 5.45. The summed E-state index contributed by atoms with van der Waals surface area (Å²) in [6.07, 6.45) is 1.24. The van der Waals surface area contributed by atoms with Crippen molar-refractivity contribution in [3.63, 3.8) is 0 Å². The van der Waals surface area contributed by atoms with Gasteiger partial charge in [-0.3, -0.25) is 9.69 Å². The van der Waals surface area contributed by atoms with Crippen LogP contribution in [0.3, 0.4) is 0 Å². The molecule has 0 spiro atoms. The zero-order chi connectivity index (χ0) is 13.0. The topological polar surface area (TPSA) is 61.4 Å². The van der Waals surface area contributed by atoms with Crippen LogP contribution in [0.4, 0.5) is 10.5 Å². The molecule has 1 aliphatic heterocycles. The SMILES string of the molecule is C=CC(=O)NCc1ccc(N2CCNC2=O)cc1. The van der Waals surface area contributed by atoms with Crippen LogP contribution in [0.25, 0.3) is 0 Å². The number of nitrogens with zero attached hydrogens (tertiary/aromatic N) is 1. The second kappa shape index (κ2) is 5.35. The third-order valence-corrected chi connectivity index (χ3v) is 2.76. The van der Waals surface area contributed by atoms with Gasteiger partial charge in [-0.05, 0) is 23.8 Å². The molecule has 5 heteroatoms. The van der Waals surface area contributed by atoms with E-state index in [-0.39, 0.29) is 11.9 Å². The average Bonchev–Trinajstić information content (AvgIpc) is 2.83. The van der Waals surface area contributed by atoms with Crippen molar-refractivity contribution in [2.75, 3.05) is 18.0 Å². The van der Waals surface area contributed by atoms with E-state index in [9.17, 15) is 9.59 Å². The summed E-state index contributed by atoms with van der Waals surface area (Å²) in [4.78, 5) is 24.2. The number of hydrogen-bond donors (Lipinski definition) is 2. The lowest BCUT2D eigenvalue weighted by atomic mass is 10.2. The van der Waals surface area contributed by atoms with E-state index >= 15 is 0 Å². The molecular weight excluding hydrogens is 230 g/mol. The number of nitrogens with one attached hydrogen (secondary N) is 2. The number of carbonyl (C=O) groups is 2. The van der Waals surface area contributed by atoms with Crippen molar-refractivity contribution in [1.82, 2.24) is 10.6 Å². The van der Waals surface area contributed by atoms with Crippen LogP contribution in [-0.2, 0) is 11.3 Å². The van der Waals surface area contributed by atoms with Gasteiger partial charge in [0.05, 0.1) is 0 Å². The molecule has 18 heavy (non-hydrogen) atoms. The Hall–Kier alpha value is -2.30. The lowest BCUT2D eigenvalue weighted by molar-refractivity contribution is -0.116. The first kappa shape index (κ1) is 12.2. The Morgan fingerprint density at radius 3 is 2.72 bits per heavy atom. The van der Waals surface area contributed by atoms with Gasteiger partial charge in [0.15, 0.2) is 0 Å². The summed E-state index contributed by atoms with van der Waals surface area (Å²) in [5.41, 5.74) is 1.84. The number of hydrogen-bond acceptors (Lipinski definition) is 2. The van der Waals surface area contributed by atoms with Gasteiger partial charge in [-0.2, -0.15) is 0 Å². The largest absolute Gasteiger partial charge is 0.348 e. The summed E-state index contributed by atoms with van der Waals surface area (Å²) < 4.78 is 0. The molecular formula is C13H15N3O2. The van der Waals surface area contributed by atoms with Crippen LogP contribution in [0.1, 0.15) is 5.56 Å². The van der Waals surface area contributed by atoms with E-state index in [0.717, 1.165) is 11.3 Å². The van der Waals surface area contributed by atoms with Crippen molar-refractivity contribution >= 4 is 17.6 Å². The van der Waals surface area contributed by atoms with Gasteiger partial charge in [0.2, 0.25) is 5.91 Å². The van der Waals surface area contributed by atoms with Gasteiger partial charge in [0, 0.05) is 25.3 Å². The average molecular weight is 245 g/mol. The van der Waals surface area contributed by atoms with Gasteiger partial charge in [-0.1, -0.05) is 18.7 Å². The first-order valence-corrected chi connectivity index (χ1v) is 5.75. The van der Waals surface area contributed by atoms with E-state index in [2.05, 4.69) is 17.2 Å². The highest BCUT2D eigenvalue weighted by Gasteiger charge is 2.20. The van der Waals surface area contributed by atoms with Crippen molar-refractivity contribution in [2.45, 2.75) is 6.54 Å². The zero-order valence-electron chi connectivity index (χ0n) is 9.98. The Balaban J connectivity index is 1.99. The summed E-state index contributed by atoms with van der Waals surface area (Å²) in [6, 6.07) is 7.47. The van der Waals surface area contributed by atoms with E-state index in [1.54, 1.807) is 4.90 Å². The van der Waals surface area contributed by atoms with Gasteiger partial charge in [-0.15, -0.1) is 0 Å². The van der Waals surface area contributed by atoms with Crippen LogP contribution in [0.2, 0.25) is 0 Å². The third-order valence-electron chi connectivity index (χ3n) is 2.76. The van der Waals surface area contributed by atoms with Crippen molar-refractivity contribution in [3.8, 4) is 0 Å². The predicted octanol–water partition coefficient (Wildman–Crippen LogP) is 1.02. The first-order valence-electron chi connectivity index (χ1n) is 5.75. The van der Waals surface area contributed by atoms with Gasteiger partial charge < -0.3 is 10.6 Å². The van der Waals surface area contributed by atoms with Gasteiger partial charge in [0.25, 0.3) is 0 Å². The van der Waals surface area contributed by atoms with Crippen LogP contribution < -0.4 is 15.5 Å². The van der Waals surface area contributed by atoms with Crippen LogP contribution in [0.15, 0.2) is 36.9 Å². The van der Waals surface area contributed by atoms with Crippen LogP contribution in [0, 0.1) is 0 Å². The number of benzene rings is 1. The minimum Gasteiger partial charge on any atom is -0.348 e. The Labute approximate surface area is 105 Å². The summed E-state index contributed by atoms with van der Waals surface area (Å²) in [5.74, 6) is -0.196. The molecule has 0 atom stereocenters. The molecule has 0 radical (unpaired) electrons. The van der Waals surface area contributed by atoms with Crippen molar-refractivity contribution in [2.24, 2.45) is 0 Å². The van der Waals surface area contributed by atoms with E-state index in [1.807, 2.05) is 24.3 Å². The molecule has 0 aliphatic carbocycles. The molecule has 2 N–H and O–H groups in total. The van der Waals surface area contributed by atoms with E-state index in [4.69, 9.17) is 0 Å². The molecule has 1 aromatic carbocycles. The Kier molecular flexibility index (Phi) is 3.62. The molecule has 3 amide bonds. The maximum Gasteiger partial charge on any atom is 0.321 e. The Morgan fingerprint density at radius 2 is 2.17 bits per heavy atom. The number of urea groups is 1. The summed E-state index contributed by atoms with van der Waals surface area (Å²) >= 11 is 0. The summed E-state index contributed by atoms with van der Waals surface area (Å²) in [7, 11) is 0. The van der Waals surface area contributed by atoms with Gasteiger partial charge >= 0.3 is 6.03 Å². The molecule has 1 aromatic rings. The molecule has 2 rings (SSSR count). The highest BCUT2D eigenvalue weighted by molar-refractivity contribution is 5.94. The van der Waals surface area contributed by atoms with Gasteiger partial charge in [-0.25, -0.2) is 4.79 Å². The molecule has 1 saturated heterocycles. The minimum atomic E-state index is -0.196. The molecule has 1 aliphatic rings. The van der Waals surface area contributed by atoms with Crippen molar-refractivity contribution < 1.29 is 9.59 Å². The first-order chi connectivity index (χ1) is 8.70. The molecule has 94 valence electrons. The highest BCUT2D eigenvalue weighted by atomic mass is 16.2.